The van der Waals surface area contributed by atoms with Crippen LogP contribution in [0.3, 0.4) is 0 Å². The van der Waals surface area contributed by atoms with E-state index in [0.29, 0.717) is 11.1 Å². The molecule has 0 saturated heterocycles. The van der Waals surface area contributed by atoms with Crippen LogP contribution >= 0.6 is 12.2 Å². The maximum absolute atomic E-state index is 10.7. The average Bonchev–Trinajstić information content (AvgIpc) is 2.64. The first-order valence-electron chi connectivity index (χ1n) is 4.39. The smallest absolute Gasteiger partial charge is 0.284 e. The fourth-order valence-corrected chi connectivity index (χ4v) is 1.52. The maximum atomic E-state index is 10.7. The molecule has 0 bridgehead atoms. The van der Waals surface area contributed by atoms with Crippen molar-refractivity contribution in [1.29, 1.82) is 0 Å². The summed E-state index contributed by atoms with van der Waals surface area (Å²) in [6.45, 7) is 1.64. The molecule has 2 aromatic rings. The van der Waals surface area contributed by atoms with Gasteiger partial charge in [0.05, 0.1) is 4.92 Å². The predicted octanol–water partition coefficient (Wildman–Crippen LogP) is 2.62. The largest absolute Gasteiger partial charge is 0.409 e. The molecular weight excluding hydrogens is 230 g/mol. The second-order valence-corrected chi connectivity index (χ2v) is 3.50. The summed E-state index contributed by atoms with van der Waals surface area (Å²) in [5.41, 5.74) is 1.08. The van der Waals surface area contributed by atoms with Gasteiger partial charge >= 0.3 is 0 Å². The molecule has 7 heteroatoms. The number of H-pyrrole nitrogens is 1. The van der Waals surface area contributed by atoms with Crippen LogP contribution in [-0.2, 0) is 0 Å². The second kappa shape index (κ2) is 3.86. The highest BCUT2D eigenvalue weighted by atomic mass is 32.1. The minimum atomic E-state index is -0.444. The number of hydrogen-bond donors (Lipinski definition) is 1. The van der Waals surface area contributed by atoms with E-state index >= 15 is 0 Å². The first kappa shape index (κ1) is 10.5. The van der Waals surface area contributed by atoms with Crippen LogP contribution in [-0.4, -0.2) is 15.1 Å². The molecule has 1 heterocycles. The minimum Gasteiger partial charge on any atom is -0.409 e. The molecule has 1 N–H and O–H groups in total. The summed E-state index contributed by atoms with van der Waals surface area (Å²) in [4.78, 5) is 10.4. The zero-order chi connectivity index (χ0) is 11.7. The van der Waals surface area contributed by atoms with Gasteiger partial charge in [-0.05, 0) is 25.2 Å². The van der Waals surface area contributed by atoms with E-state index in [9.17, 15) is 10.1 Å². The van der Waals surface area contributed by atoms with Crippen LogP contribution in [0.25, 0.3) is 11.5 Å². The summed E-state index contributed by atoms with van der Waals surface area (Å²) < 4.78 is 5.11. The van der Waals surface area contributed by atoms with Crippen LogP contribution in [0.15, 0.2) is 22.6 Å². The number of nitrogens with one attached hydrogen (secondary N) is 1. The number of rotatable bonds is 2. The SMILES string of the molecule is Cc1c(-c2n[nH]c(=S)o2)cccc1[N+](=O)[O-]. The molecule has 0 aliphatic heterocycles. The van der Waals surface area contributed by atoms with Crippen LogP contribution in [0, 0.1) is 21.9 Å². The third-order valence-electron chi connectivity index (χ3n) is 2.17. The number of nitrogens with zero attached hydrogens (tertiary/aromatic N) is 2. The Kier molecular flexibility index (Phi) is 2.53. The van der Waals surface area contributed by atoms with Gasteiger partial charge in [0, 0.05) is 17.2 Å². The number of aromatic nitrogens is 2. The van der Waals surface area contributed by atoms with Gasteiger partial charge in [-0.25, -0.2) is 5.10 Å². The Morgan fingerprint density at radius 1 is 1.56 bits per heavy atom. The molecule has 1 aromatic carbocycles. The quantitative estimate of drug-likeness (QED) is 0.493. The van der Waals surface area contributed by atoms with Crippen LogP contribution < -0.4 is 0 Å². The molecule has 0 fully saturated rings. The molecule has 1 aromatic heterocycles. The van der Waals surface area contributed by atoms with Crippen molar-refractivity contribution >= 4 is 17.9 Å². The van der Waals surface area contributed by atoms with Crippen molar-refractivity contribution in [3.05, 3.63) is 38.7 Å². The van der Waals surface area contributed by atoms with Crippen molar-refractivity contribution in [1.82, 2.24) is 10.2 Å². The van der Waals surface area contributed by atoms with Crippen LogP contribution in [0.2, 0.25) is 0 Å². The highest BCUT2D eigenvalue weighted by Gasteiger charge is 2.16. The fourth-order valence-electron chi connectivity index (χ4n) is 1.40. The average molecular weight is 237 g/mol. The Morgan fingerprint density at radius 3 is 2.88 bits per heavy atom. The molecule has 0 unspecified atom stereocenters. The lowest BCUT2D eigenvalue weighted by Crippen LogP contribution is -1.93. The van der Waals surface area contributed by atoms with E-state index in [0.717, 1.165) is 0 Å². The van der Waals surface area contributed by atoms with Gasteiger partial charge in [0.25, 0.3) is 10.5 Å². The van der Waals surface area contributed by atoms with E-state index in [1.807, 2.05) is 0 Å². The van der Waals surface area contributed by atoms with E-state index in [1.54, 1.807) is 19.1 Å². The van der Waals surface area contributed by atoms with Crippen LogP contribution in [0.1, 0.15) is 5.56 Å². The summed E-state index contributed by atoms with van der Waals surface area (Å²) in [6, 6.07) is 4.70. The van der Waals surface area contributed by atoms with Gasteiger partial charge in [0.15, 0.2) is 0 Å². The molecule has 0 spiro atoms. The molecule has 0 aliphatic carbocycles. The topological polar surface area (TPSA) is 85.0 Å². The Hall–Kier alpha value is -2.02. The number of nitro groups is 1. The molecule has 0 radical (unpaired) electrons. The van der Waals surface area contributed by atoms with Gasteiger partial charge in [-0.2, -0.15) is 0 Å². The monoisotopic (exact) mass is 237 g/mol. The third kappa shape index (κ3) is 1.72. The highest BCUT2D eigenvalue weighted by Crippen LogP contribution is 2.28. The summed E-state index contributed by atoms with van der Waals surface area (Å²) in [6.07, 6.45) is 0. The second-order valence-electron chi connectivity index (χ2n) is 3.13. The maximum Gasteiger partial charge on any atom is 0.284 e. The van der Waals surface area contributed by atoms with E-state index in [1.165, 1.54) is 6.07 Å². The van der Waals surface area contributed by atoms with Crippen molar-refractivity contribution in [3.8, 4) is 11.5 Å². The van der Waals surface area contributed by atoms with Gasteiger partial charge in [-0.1, -0.05) is 6.07 Å². The Balaban J connectivity index is 2.62. The molecule has 0 atom stereocenters. The molecule has 2 rings (SSSR count). The number of aromatic amines is 1. The third-order valence-corrected chi connectivity index (χ3v) is 2.35. The fraction of sp³-hybridized carbons (Fsp3) is 0.111. The normalized spacial score (nSPS) is 10.3. The molecule has 0 aliphatic rings. The Labute approximate surface area is 95.1 Å². The molecule has 82 valence electrons. The lowest BCUT2D eigenvalue weighted by molar-refractivity contribution is -0.385. The van der Waals surface area contributed by atoms with E-state index in [2.05, 4.69) is 10.2 Å². The summed E-state index contributed by atoms with van der Waals surface area (Å²) >= 11 is 4.74. The van der Waals surface area contributed by atoms with E-state index in [4.69, 9.17) is 16.6 Å². The highest BCUT2D eigenvalue weighted by molar-refractivity contribution is 7.71. The van der Waals surface area contributed by atoms with Gasteiger partial charge < -0.3 is 4.42 Å². The van der Waals surface area contributed by atoms with Gasteiger partial charge in [0.2, 0.25) is 5.89 Å². The van der Waals surface area contributed by atoms with E-state index in [-0.39, 0.29) is 16.4 Å². The first-order chi connectivity index (χ1) is 7.59. The number of nitro benzene ring substituents is 1. The van der Waals surface area contributed by atoms with Crippen molar-refractivity contribution in [3.63, 3.8) is 0 Å². The summed E-state index contributed by atoms with van der Waals surface area (Å²) in [5, 5.41) is 17.0. The molecule has 0 saturated carbocycles. The Morgan fingerprint density at radius 2 is 2.31 bits per heavy atom. The summed E-state index contributed by atoms with van der Waals surface area (Å²) in [7, 11) is 0. The zero-order valence-corrected chi connectivity index (χ0v) is 9.08. The molecular formula is C9H7N3O3S. The first-order valence-corrected chi connectivity index (χ1v) is 4.80. The molecule has 0 amide bonds. The van der Waals surface area contributed by atoms with Crippen molar-refractivity contribution in [2.45, 2.75) is 6.92 Å². The van der Waals surface area contributed by atoms with Gasteiger partial charge in [-0.3, -0.25) is 10.1 Å². The van der Waals surface area contributed by atoms with Crippen LogP contribution in [0.5, 0.6) is 0 Å². The predicted molar refractivity (Wildman–Crippen MR) is 58.5 cm³/mol. The Bertz CT molecular complexity index is 602. The molecule has 16 heavy (non-hydrogen) atoms. The standard InChI is InChI=1S/C9H7N3O3S/c1-5-6(8-10-11-9(16)15-8)3-2-4-7(5)12(13)14/h2-4H,1H3,(H,11,16). The lowest BCUT2D eigenvalue weighted by Gasteiger charge is -2.00. The lowest BCUT2D eigenvalue weighted by atomic mass is 10.1. The summed E-state index contributed by atoms with van der Waals surface area (Å²) in [5.74, 6) is 0.256. The number of hydrogen-bond acceptors (Lipinski definition) is 5. The van der Waals surface area contributed by atoms with Crippen molar-refractivity contribution in [2.75, 3.05) is 0 Å². The number of benzene rings is 1. The van der Waals surface area contributed by atoms with Gasteiger partial charge in [0.1, 0.15) is 0 Å². The molecule has 6 nitrogen and oxygen atoms in total. The van der Waals surface area contributed by atoms with Crippen molar-refractivity contribution < 1.29 is 9.34 Å². The van der Waals surface area contributed by atoms with Crippen molar-refractivity contribution in [2.24, 2.45) is 0 Å². The zero-order valence-electron chi connectivity index (χ0n) is 8.26. The minimum absolute atomic E-state index is 0.0293. The van der Waals surface area contributed by atoms with Crippen LogP contribution in [0.4, 0.5) is 5.69 Å². The van der Waals surface area contributed by atoms with Gasteiger partial charge in [-0.15, -0.1) is 5.10 Å². The van der Waals surface area contributed by atoms with E-state index < -0.39 is 4.92 Å².